The third-order valence-electron chi connectivity index (χ3n) is 3.81. The van der Waals surface area contributed by atoms with E-state index in [9.17, 15) is 18.0 Å². The molecule has 0 unspecified atom stereocenters. The lowest BCUT2D eigenvalue weighted by atomic mass is 9.64. The van der Waals surface area contributed by atoms with Gasteiger partial charge in [-0.3, -0.25) is 4.79 Å². The van der Waals surface area contributed by atoms with Crippen LogP contribution in [-0.2, 0) is 17.4 Å². The molecule has 0 radical (unpaired) electrons. The minimum absolute atomic E-state index is 0.0932. The van der Waals surface area contributed by atoms with E-state index in [0.717, 1.165) is 23.2 Å². The van der Waals surface area contributed by atoms with Crippen molar-refractivity contribution in [3.8, 4) is 0 Å². The summed E-state index contributed by atoms with van der Waals surface area (Å²) in [7, 11) is 0. The Morgan fingerprint density at radius 1 is 1.22 bits per heavy atom. The summed E-state index contributed by atoms with van der Waals surface area (Å²) in [6, 6.07) is 9.93. The van der Waals surface area contributed by atoms with Gasteiger partial charge in [0.1, 0.15) is 0 Å². The third kappa shape index (κ3) is 3.10. The van der Waals surface area contributed by atoms with Gasteiger partial charge in [0, 0.05) is 5.69 Å². The SMILES string of the molecule is CB1OCc2ccc(NC(=O)c3ccccc3C(F)(F)F)cc21. The molecule has 118 valence electrons. The van der Waals surface area contributed by atoms with Gasteiger partial charge >= 0.3 is 13.1 Å². The Labute approximate surface area is 131 Å². The number of hydrogen-bond donors (Lipinski definition) is 1. The summed E-state index contributed by atoms with van der Waals surface area (Å²) in [4.78, 5) is 12.2. The number of carbonyl (C=O) groups is 1. The van der Waals surface area contributed by atoms with Gasteiger partial charge in [0.15, 0.2) is 0 Å². The fraction of sp³-hybridized carbons (Fsp3) is 0.188. The molecule has 1 heterocycles. The highest BCUT2D eigenvalue weighted by Gasteiger charge is 2.35. The number of nitrogens with one attached hydrogen (secondary N) is 1. The van der Waals surface area contributed by atoms with Crippen molar-refractivity contribution in [3.63, 3.8) is 0 Å². The Balaban J connectivity index is 1.88. The van der Waals surface area contributed by atoms with Crippen LogP contribution in [0.1, 0.15) is 21.5 Å². The molecule has 7 heteroatoms. The van der Waals surface area contributed by atoms with Crippen molar-refractivity contribution in [3.05, 3.63) is 59.2 Å². The van der Waals surface area contributed by atoms with Gasteiger partial charge in [-0.2, -0.15) is 13.2 Å². The molecule has 1 amide bonds. The Morgan fingerprint density at radius 2 is 1.96 bits per heavy atom. The Morgan fingerprint density at radius 3 is 2.70 bits per heavy atom. The molecule has 3 nitrogen and oxygen atoms in total. The average Bonchev–Trinajstić information content (AvgIpc) is 2.87. The zero-order valence-electron chi connectivity index (χ0n) is 12.3. The van der Waals surface area contributed by atoms with E-state index in [2.05, 4.69) is 5.32 Å². The molecule has 0 bridgehead atoms. The summed E-state index contributed by atoms with van der Waals surface area (Å²) >= 11 is 0. The molecule has 23 heavy (non-hydrogen) atoms. The van der Waals surface area contributed by atoms with Gasteiger partial charge in [-0.05, 0) is 35.3 Å². The average molecular weight is 319 g/mol. The van der Waals surface area contributed by atoms with Crippen LogP contribution in [0.25, 0.3) is 0 Å². The van der Waals surface area contributed by atoms with Crippen molar-refractivity contribution in [2.24, 2.45) is 0 Å². The first-order chi connectivity index (χ1) is 10.9. The highest BCUT2D eigenvalue weighted by Crippen LogP contribution is 2.32. The molecule has 0 saturated carbocycles. The van der Waals surface area contributed by atoms with E-state index in [1.54, 1.807) is 12.1 Å². The van der Waals surface area contributed by atoms with Crippen LogP contribution in [0.4, 0.5) is 18.9 Å². The van der Waals surface area contributed by atoms with Gasteiger partial charge in [-0.1, -0.05) is 25.0 Å². The molecule has 0 atom stereocenters. The standard InChI is InChI=1S/C16H13BF3NO2/c1-17-14-8-11(7-6-10(14)9-23-17)21-15(22)12-4-2-3-5-13(12)16(18,19)20/h2-8H,9H2,1H3,(H,21,22). The van der Waals surface area contributed by atoms with Crippen molar-refractivity contribution in [1.82, 2.24) is 0 Å². The van der Waals surface area contributed by atoms with E-state index < -0.39 is 23.2 Å². The van der Waals surface area contributed by atoms with Crippen LogP contribution < -0.4 is 10.8 Å². The predicted molar refractivity (Wildman–Crippen MR) is 81.9 cm³/mol. The van der Waals surface area contributed by atoms with Crippen molar-refractivity contribution in [1.29, 1.82) is 0 Å². The largest absolute Gasteiger partial charge is 0.427 e. The van der Waals surface area contributed by atoms with Crippen molar-refractivity contribution in [2.45, 2.75) is 19.6 Å². The molecule has 0 saturated heterocycles. The first-order valence-corrected chi connectivity index (χ1v) is 7.08. The van der Waals surface area contributed by atoms with Crippen LogP contribution in [0.15, 0.2) is 42.5 Å². The molecule has 3 rings (SSSR count). The summed E-state index contributed by atoms with van der Waals surface area (Å²) in [6.45, 7) is 2.29. The smallest absolute Gasteiger partial charge is 0.417 e. The summed E-state index contributed by atoms with van der Waals surface area (Å²) < 4.78 is 44.4. The number of carbonyl (C=O) groups excluding carboxylic acids is 1. The lowest BCUT2D eigenvalue weighted by molar-refractivity contribution is -0.137. The molecule has 2 aromatic rings. The van der Waals surface area contributed by atoms with Gasteiger partial charge in [-0.15, -0.1) is 0 Å². The highest BCUT2D eigenvalue weighted by molar-refractivity contribution is 6.67. The minimum Gasteiger partial charge on any atom is -0.427 e. The number of benzene rings is 2. The van der Waals surface area contributed by atoms with Crippen LogP contribution in [0, 0.1) is 0 Å². The maximum Gasteiger partial charge on any atom is 0.417 e. The molecule has 2 aromatic carbocycles. The van der Waals surface area contributed by atoms with Crippen LogP contribution in [0.2, 0.25) is 6.82 Å². The van der Waals surface area contributed by atoms with Gasteiger partial charge in [0.05, 0.1) is 17.7 Å². The number of anilines is 1. The molecule has 1 aliphatic heterocycles. The molecule has 1 N–H and O–H groups in total. The molecule has 0 aromatic heterocycles. The first-order valence-electron chi connectivity index (χ1n) is 7.08. The van der Waals surface area contributed by atoms with Crippen molar-refractivity contribution in [2.75, 3.05) is 5.32 Å². The Hall–Kier alpha value is -2.28. The molecular formula is C16H13BF3NO2. The van der Waals surface area contributed by atoms with E-state index in [4.69, 9.17) is 4.65 Å². The lowest BCUT2D eigenvalue weighted by Gasteiger charge is -2.13. The molecule has 0 aliphatic carbocycles. The van der Waals surface area contributed by atoms with E-state index in [-0.39, 0.29) is 6.92 Å². The zero-order chi connectivity index (χ0) is 16.6. The second-order valence-corrected chi connectivity index (χ2v) is 5.36. The quantitative estimate of drug-likeness (QED) is 0.863. The molecule has 0 spiro atoms. The van der Waals surface area contributed by atoms with Crippen molar-refractivity contribution >= 4 is 24.0 Å². The summed E-state index contributed by atoms with van der Waals surface area (Å²) in [5.74, 6) is -0.788. The zero-order valence-corrected chi connectivity index (χ0v) is 12.3. The molecule has 1 aliphatic rings. The van der Waals surface area contributed by atoms with Crippen LogP contribution >= 0.6 is 0 Å². The maximum atomic E-state index is 13.0. The van der Waals surface area contributed by atoms with E-state index in [1.807, 2.05) is 12.9 Å². The number of amides is 1. The number of rotatable bonds is 2. The number of hydrogen-bond acceptors (Lipinski definition) is 2. The fourth-order valence-electron chi connectivity index (χ4n) is 2.61. The van der Waals surface area contributed by atoms with Crippen LogP contribution in [-0.4, -0.2) is 12.8 Å². The molecule has 0 fully saturated rings. The Kier molecular flexibility index (Phi) is 3.89. The van der Waals surface area contributed by atoms with Gasteiger partial charge < -0.3 is 9.97 Å². The van der Waals surface area contributed by atoms with Crippen LogP contribution in [0.5, 0.6) is 0 Å². The number of halogens is 3. The van der Waals surface area contributed by atoms with Gasteiger partial charge in [-0.25, -0.2) is 0 Å². The summed E-state index contributed by atoms with van der Waals surface area (Å²) in [5, 5.41) is 2.53. The number of alkyl halides is 3. The highest BCUT2D eigenvalue weighted by atomic mass is 19.4. The van der Waals surface area contributed by atoms with Crippen LogP contribution in [0.3, 0.4) is 0 Å². The summed E-state index contributed by atoms with van der Waals surface area (Å²) in [6.07, 6.45) is -4.58. The normalized spacial score (nSPS) is 13.8. The van der Waals surface area contributed by atoms with E-state index in [0.29, 0.717) is 12.3 Å². The van der Waals surface area contributed by atoms with Gasteiger partial charge in [0.25, 0.3) is 5.91 Å². The minimum atomic E-state index is -4.58. The van der Waals surface area contributed by atoms with Gasteiger partial charge in [0.2, 0.25) is 0 Å². The fourth-order valence-corrected chi connectivity index (χ4v) is 2.61. The monoisotopic (exact) mass is 319 g/mol. The number of fused-ring (bicyclic) bond motifs is 1. The van der Waals surface area contributed by atoms with E-state index >= 15 is 0 Å². The second kappa shape index (κ2) is 5.74. The van der Waals surface area contributed by atoms with Crippen molar-refractivity contribution < 1.29 is 22.6 Å². The van der Waals surface area contributed by atoms with E-state index in [1.165, 1.54) is 12.1 Å². The predicted octanol–water partition coefficient (Wildman–Crippen LogP) is 3.32. The second-order valence-electron chi connectivity index (χ2n) is 5.36. The first kappa shape index (κ1) is 15.6. The topological polar surface area (TPSA) is 38.3 Å². The maximum absolute atomic E-state index is 13.0. The summed E-state index contributed by atoms with van der Waals surface area (Å²) in [5.41, 5.74) is 1.06. The lowest BCUT2D eigenvalue weighted by Crippen LogP contribution is -2.25. The Bertz CT molecular complexity index is 761. The third-order valence-corrected chi connectivity index (χ3v) is 3.81. The molecular weight excluding hydrogens is 306 g/mol.